The van der Waals surface area contributed by atoms with Crippen molar-refractivity contribution in [2.24, 2.45) is 0 Å². The topological polar surface area (TPSA) is 127 Å². The Labute approximate surface area is 108 Å². The van der Waals surface area contributed by atoms with Crippen molar-refractivity contribution >= 4 is 17.9 Å². The molecule has 9 heteroatoms. The summed E-state index contributed by atoms with van der Waals surface area (Å²) in [6.07, 6.45) is 0. The van der Waals surface area contributed by atoms with Gasteiger partial charge in [-0.15, -0.1) is 0 Å². The average molecular weight is 298 g/mol. The van der Waals surface area contributed by atoms with E-state index in [9.17, 15) is 14.4 Å². The zero-order valence-corrected chi connectivity index (χ0v) is 9.79. The summed E-state index contributed by atoms with van der Waals surface area (Å²) in [7, 11) is 0. The zero-order chi connectivity index (χ0) is 12.6. The van der Waals surface area contributed by atoms with E-state index < -0.39 is 17.9 Å². The Balaban J connectivity index is 0. The molecule has 0 saturated heterocycles. The Kier molecular flexibility index (Phi) is 10.8. The fraction of sp³-hybridized carbons (Fsp3) is 0.625. The van der Waals surface area contributed by atoms with Gasteiger partial charge in [0.2, 0.25) is 0 Å². The fourth-order valence-electron chi connectivity index (χ4n) is 1.03. The van der Waals surface area contributed by atoms with E-state index in [1.54, 1.807) is 0 Å². The Morgan fingerprint density at radius 2 is 1.41 bits per heavy atom. The molecule has 0 heterocycles. The quantitative estimate of drug-likeness (QED) is 0.288. The fourth-order valence-corrected chi connectivity index (χ4v) is 1.03. The first kappa shape index (κ1) is 18.2. The maximum atomic E-state index is 10.4. The van der Waals surface area contributed by atoms with Gasteiger partial charge in [-0.2, -0.15) is 0 Å². The van der Waals surface area contributed by atoms with E-state index in [0.717, 1.165) is 0 Å². The van der Waals surface area contributed by atoms with E-state index >= 15 is 0 Å². The monoisotopic (exact) mass is 297 g/mol. The van der Waals surface area contributed by atoms with Gasteiger partial charge in [0.05, 0.1) is 19.6 Å². The van der Waals surface area contributed by atoms with Crippen LogP contribution in [0.5, 0.6) is 0 Å². The van der Waals surface area contributed by atoms with Gasteiger partial charge in [0, 0.05) is 13.1 Å². The molecule has 0 aliphatic rings. The second kappa shape index (κ2) is 10.0. The molecule has 0 unspecified atom stereocenters. The number of nitrogens with one attached hydrogen (secondary N) is 1. The van der Waals surface area contributed by atoms with Crippen molar-refractivity contribution in [3.63, 3.8) is 0 Å². The molecular formula is C8H14CuN2O6+. The maximum Gasteiger partial charge on any atom is 1.00 e. The van der Waals surface area contributed by atoms with E-state index in [4.69, 9.17) is 15.3 Å². The van der Waals surface area contributed by atoms with Gasteiger partial charge < -0.3 is 20.6 Å². The molecule has 0 amide bonds. The Bertz CT molecular complexity index is 257. The minimum atomic E-state index is -1.13. The van der Waals surface area contributed by atoms with Crippen LogP contribution in [0.25, 0.3) is 0 Å². The van der Waals surface area contributed by atoms with Gasteiger partial charge in [-0.1, -0.05) is 0 Å². The van der Waals surface area contributed by atoms with Gasteiger partial charge in [0.1, 0.15) is 0 Å². The van der Waals surface area contributed by atoms with Crippen LogP contribution in [0, 0.1) is 0 Å². The van der Waals surface area contributed by atoms with Crippen LogP contribution >= 0.6 is 0 Å². The molecule has 0 spiro atoms. The molecule has 0 aliphatic heterocycles. The van der Waals surface area contributed by atoms with Crippen molar-refractivity contribution < 1.29 is 46.8 Å². The number of aliphatic carboxylic acids is 3. The molecule has 0 aliphatic carbocycles. The van der Waals surface area contributed by atoms with Crippen LogP contribution in [0.1, 0.15) is 0 Å². The third kappa shape index (κ3) is 12.8. The molecule has 0 bridgehead atoms. The standard InChI is InChI=1S/C8H14N2O6.Cu/c11-6(12)3-9-1-2-10(4-7(13)14)5-8(15)16;/h9H,1-5H2,(H,11,12)(H,13,14)(H,15,16);/q;+1. The molecule has 0 rings (SSSR count). The smallest absolute Gasteiger partial charge is 0.480 e. The van der Waals surface area contributed by atoms with E-state index in [1.165, 1.54) is 4.90 Å². The summed E-state index contributed by atoms with van der Waals surface area (Å²) in [5.74, 6) is -3.28. The molecule has 4 N–H and O–H groups in total. The van der Waals surface area contributed by atoms with Crippen molar-refractivity contribution in [2.75, 3.05) is 32.7 Å². The van der Waals surface area contributed by atoms with Gasteiger partial charge in [-0.3, -0.25) is 19.3 Å². The predicted molar refractivity (Wildman–Crippen MR) is 52.2 cm³/mol. The van der Waals surface area contributed by atoms with Gasteiger partial charge in [0.25, 0.3) is 0 Å². The molecule has 0 saturated carbocycles. The van der Waals surface area contributed by atoms with E-state index in [2.05, 4.69) is 5.32 Å². The number of carboxylic acids is 3. The Hall–Kier alpha value is -1.15. The van der Waals surface area contributed by atoms with Gasteiger partial charge in [-0.05, 0) is 0 Å². The Morgan fingerprint density at radius 1 is 0.941 bits per heavy atom. The number of carboxylic acid groups (broad SMARTS) is 3. The molecule has 0 radical (unpaired) electrons. The molecule has 17 heavy (non-hydrogen) atoms. The summed E-state index contributed by atoms with van der Waals surface area (Å²) in [5.41, 5.74) is 0. The first-order valence-electron chi connectivity index (χ1n) is 4.50. The number of hydrogen-bond donors (Lipinski definition) is 4. The third-order valence-electron chi connectivity index (χ3n) is 1.60. The second-order valence-corrected chi connectivity index (χ2v) is 3.07. The van der Waals surface area contributed by atoms with Crippen molar-refractivity contribution in [3.8, 4) is 0 Å². The van der Waals surface area contributed by atoms with E-state index in [0.29, 0.717) is 0 Å². The molecule has 0 aromatic rings. The first-order chi connectivity index (χ1) is 7.41. The summed E-state index contributed by atoms with van der Waals surface area (Å²) in [4.78, 5) is 32.1. The zero-order valence-electron chi connectivity index (χ0n) is 8.85. The molecule has 102 valence electrons. The molecular weight excluding hydrogens is 284 g/mol. The van der Waals surface area contributed by atoms with Crippen molar-refractivity contribution in [1.29, 1.82) is 0 Å². The van der Waals surface area contributed by atoms with Crippen LogP contribution in [0.15, 0.2) is 0 Å². The minimum absolute atomic E-state index is 0. The molecule has 0 aromatic carbocycles. The number of rotatable bonds is 9. The van der Waals surface area contributed by atoms with Gasteiger partial charge >= 0.3 is 35.0 Å². The summed E-state index contributed by atoms with van der Waals surface area (Å²) < 4.78 is 0. The maximum absolute atomic E-state index is 10.4. The molecule has 0 fully saturated rings. The average Bonchev–Trinajstić information content (AvgIpc) is 2.09. The van der Waals surface area contributed by atoms with Crippen LogP contribution in [0.4, 0.5) is 0 Å². The number of hydrogen-bond acceptors (Lipinski definition) is 5. The number of nitrogens with zero attached hydrogens (tertiary/aromatic N) is 1. The Morgan fingerprint density at radius 3 is 1.76 bits per heavy atom. The van der Waals surface area contributed by atoms with E-state index in [1.807, 2.05) is 0 Å². The van der Waals surface area contributed by atoms with Crippen molar-refractivity contribution in [3.05, 3.63) is 0 Å². The van der Waals surface area contributed by atoms with Crippen molar-refractivity contribution in [1.82, 2.24) is 10.2 Å². The van der Waals surface area contributed by atoms with Crippen LogP contribution in [-0.4, -0.2) is 70.9 Å². The molecule has 8 nitrogen and oxygen atoms in total. The summed E-state index contributed by atoms with van der Waals surface area (Å²) in [6, 6.07) is 0. The SMILES string of the molecule is O=C(O)CNCCN(CC(=O)O)CC(=O)O.[Cu+]. The van der Waals surface area contributed by atoms with Crippen LogP contribution in [0.3, 0.4) is 0 Å². The largest absolute Gasteiger partial charge is 1.00 e. The third-order valence-corrected chi connectivity index (χ3v) is 1.60. The summed E-state index contributed by atoms with van der Waals surface area (Å²) in [6.45, 7) is -0.644. The summed E-state index contributed by atoms with van der Waals surface area (Å²) in [5, 5.41) is 27.8. The molecule has 0 aromatic heterocycles. The van der Waals surface area contributed by atoms with E-state index in [-0.39, 0.29) is 49.8 Å². The number of carbonyl (C=O) groups is 3. The van der Waals surface area contributed by atoms with Gasteiger partial charge in [-0.25, -0.2) is 0 Å². The van der Waals surface area contributed by atoms with Crippen LogP contribution < -0.4 is 5.32 Å². The summed E-state index contributed by atoms with van der Waals surface area (Å²) >= 11 is 0. The second-order valence-electron chi connectivity index (χ2n) is 3.07. The van der Waals surface area contributed by atoms with Gasteiger partial charge in [0.15, 0.2) is 0 Å². The minimum Gasteiger partial charge on any atom is -0.480 e. The first-order valence-corrected chi connectivity index (χ1v) is 4.50. The van der Waals surface area contributed by atoms with Crippen LogP contribution in [0.2, 0.25) is 0 Å². The van der Waals surface area contributed by atoms with Crippen molar-refractivity contribution in [2.45, 2.75) is 0 Å². The van der Waals surface area contributed by atoms with Crippen LogP contribution in [-0.2, 0) is 31.5 Å². The predicted octanol–water partition coefficient (Wildman–Crippen LogP) is -1.87. The normalized spacial score (nSPS) is 9.71. The molecule has 0 atom stereocenters.